The average Bonchev–Trinajstić information content (AvgIpc) is 3.31. The number of hydrogen-bond donors (Lipinski definition) is 1. The average molecular weight is 377 g/mol. The van der Waals surface area contributed by atoms with Gasteiger partial charge in [-0.25, -0.2) is 0 Å². The molecule has 1 unspecified atom stereocenters. The Bertz CT molecular complexity index is 997. The highest BCUT2D eigenvalue weighted by Gasteiger charge is 2.35. The number of nitrogens with zero attached hydrogens (tertiary/aromatic N) is 2. The lowest BCUT2D eigenvalue weighted by molar-refractivity contribution is -0.122. The van der Waals surface area contributed by atoms with E-state index in [2.05, 4.69) is 9.88 Å². The number of hydrogen-bond acceptors (Lipinski definition) is 3. The van der Waals surface area contributed by atoms with Crippen LogP contribution < -0.4 is 10.2 Å². The topological polar surface area (TPSA) is 63.6 Å². The lowest BCUT2D eigenvalue weighted by atomic mass is 10.1. The molecular formula is C22H23N3O3. The number of para-hydroxylation sites is 1. The summed E-state index contributed by atoms with van der Waals surface area (Å²) in [5.74, 6) is -0.502. The molecule has 1 atom stereocenters. The van der Waals surface area contributed by atoms with Crippen LogP contribution in [0.3, 0.4) is 0 Å². The third-order valence-corrected chi connectivity index (χ3v) is 5.17. The lowest BCUT2D eigenvalue weighted by Gasteiger charge is -2.16. The van der Waals surface area contributed by atoms with Gasteiger partial charge in [0, 0.05) is 43.9 Å². The van der Waals surface area contributed by atoms with E-state index in [9.17, 15) is 9.59 Å². The van der Waals surface area contributed by atoms with Gasteiger partial charge in [-0.3, -0.25) is 9.59 Å². The molecule has 0 aliphatic carbocycles. The number of rotatable bonds is 6. The number of anilines is 2. The van der Waals surface area contributed by atoms with E-state index in [0.29, 0.717) is 13.2 Å². The number of methoxy groups -OCH3 is 1. The zero-order valence-corrected chi connectivity index (χ0v) is 15.8. The number of ether oxygens (including phenoxy) is 1. The van der Waals surface area contributed by atoms with Crippen molar-refractivity contribution < 1.29 is 14.3 Å². The molecule has 2 aromatic carbocycles. The van der Waals surface area contributed by atoms with Gasteiger partial charge >= 0.3 is 0 Å². The second-order valence-electron chi connectivity index (χ2n) is 6.97. The zero-order valence-electron chi connectivity index (χ0n) is 15.8. The maximum Gasteiger partial charge on any atom is 0.229 e. The number of carbonyl (C=O) groups excluding carboxylic acids is 2. The molecule has 2 heterocycles. The minimum atomic E-state index is -0.362. The van der Waals surface area contributed by atoms with Crippen molar-refractivity contribution in [3.8, 4) is 0 Å². The summed E-state index contributed by atoms with van der Waals surface area (Å²) in [4.78, 5) is 26.9. The summed E-state index contributed by atoms with van der Waals surface area (Å²) in [5.41, 5.74) is 2.65. The van der Waals surface area contributed by atoms with Crippen LogP contribution in [0.4, 0.5) is 11.4 Å². The van der Waals surface area contributed by atoms with Crippen molar-refractivity contribution >= 4 is 34.1 Å². The molecule has 1 saturated heterocycles. The maximum absolute atomic E-state index is 12.8. The number of nitrogens with one attached hydrogen (secondary N) is 1. The quantitative estimate of drug-likeness (QED) is 0.717. The van der Waals surface area contributed by atoms with Crippen LogP contribution in [0, 0.1) is 5.92 Å². The Balaban J connectivity index is 1.50. The normalized spacial score (nSPS) is 16.7. The third-order valence-electron chi connectivity index (χ3n) is 5.17. The monoisotopic (exact) mass is 377 g/mol. The molecule has 1 fully saturated rings. The molecule has 0 spiro atoms. The smallest absolute Gasteiger partial charge is 0.229 e. The van der Waals surface area contributed by atoms with E-state index in [0.717, 1.165) is 28.8 Å². The summed E-state index contributed by atoms with van der Waals surface area (Å²) >= 11 is 0. The Labute approximate surface area is 163 Å². The van der Waals surface area contributed by atoms with Crippen LogP contribution in [0.5, 0.6) is 0 Å². The number of aromatic nitrogens is 1. The molecule has 6 heteroatoms. The largest absolute Gasteiger partial charge is 0.383 e. The summed E-state index contributed by atoms with van der Waals surface area (Å²) in [6.07, 6.45) is 2.22. The Hall–Kier alpha value is -3.12. The molecule has 1 aliphatic heterocycles. The minimum absolute atomic E-state index is 0.0183. The fourth-order valence-electron chi connectivity index (χ4n) is 3.69. The fraction of sp³-hybridized carbons (Fsp3) is 0.273. The van der Waals surface area contributed by atoms with E-state index in [1.807, 2.05) is 60.8 Å². The molecule has 0 radical (unpaired) electrons. The number of fused-ring (bicyclic) bond motifs is 1. The van der Waals surface area contributed by atoms with E-state index in [4.69, 9.17) is 4.74 Å². The van der Waals surface area contributed by atoms with Crippen LogP contribution in [0.15, 0.2) is 60.8 Å². The van der Waals surface area contributed by atoms with Crippen LogP contribution in [0.25, 0.3) is 10.9 Å². The molecule has 28 heavy (non-hydrogen) atoms. The first-order chi connectivity index (χ1) is 13.7. The van der Waals surface area contributed by atoms with Crippen molar-refractivity contribution in [2.75, 3.05) is 30.5 Å². The standard InChI is InChI=1S/C22H23N3O3/c1-28-13-12-24-11-10-18-19(8-5-9-20(18)24)23-22(27)16-14-21(26)25(15-16)17-6-3-2-4-7-17/h2-11,16H,12-15H2,1H3,(H,23,27). The van der Waals surface area contributed by atoms with Gasteiger partial charge in [-0.05, 0) is 30.3 Å². The number of amides is 2. The van der Waals surface area contributed by atoms with Crippen LogP contribution in [-0.2, 0) is 20.9 Å². The van der Waals surface area contributed by atoms with Crippen molar-refractivity contribution in [2.45, 2.75) is 13.0 Å². The number of carbonyl (C=O) groups is 2. The summed E-state index contributed by atoms with van der Waals surface area (Å²) < 4.78 is 7.26. The molecule has 0 bridgehead atoms. The summed E-state index contributed by atoms with van der Waals surface area (Å²) in [5, 5.41) is 4.01. The third kappa shape index (κ3) is 3.51. The van der Waals surface area contributed by atoms with Gasteiger partial charge < -0.3 is 19.5 Å². The minimum Gasteiger partial charge on any atom is -0.383 e. The van der Waals surface area contributed by atoms with E-state index >= 15 is 0 Å². The molecular weight excluding hydrogens is 354 g/mol. The molecule has 144 valence electrons. The first kappa shape index (κ1) is 18.3. The van der Waals surface area contributed by atoms with Gasteiger partial charge in [0.25, 0.3) is 0 Å². The Morgan fingerprint density at radius 1 is 1.14 bits per heavy atom. The molecule has 1 N–H and O–H groups in total. The maximum atomic E-state index is 12.8. The lowest BCUT2D eigenvalue weighted by Crippen LogP contribution is -2.28. The van der Waals surface area contributed by atoms with Crippen molar-refractivity contribution in [3.05, 3.63) is 60.8 Å². The van der Waals surface area contributed by atoms with Gasteiger partial charge in [-0.1, -0.05) is 24.3 Å². The van der Waals surface area contributed by atoms with E-state index in [1.54, 1.807) is 12.0 Å². The highest BCUT2D eigenvalue weighted by atomic mass is 16.5. The Morgan fingerprint density at radius 2 is 1.96 bits per heavy atom. The first-order valence-electron chi connectivity index (χ1n) is 9.40. The van der Waals surface area contributed by atoms with Crippen LogP contribution in [-0.4, -0.2) is 36.6 Å². The van der Waals surface area contributed by atoms with Gasteiger partial charge in [0.15, 0.2) is 0 Å². The molecule has 4 rings (SSSR count). The van der Waals surface area contributed by atoms with Crippen LogP contribution >= 0.6 is 0 Å². The second-order valence-corrected chi connectivity index (χ2v) is 6.97. The van der Waals surface area contributed by atoms with Gasteiger partial charge in [0.2, 0.25) is 11.8 Å². The highest BCUT2D eigenvalue weighted by molar-refractivity contribution is 6.06. The molecule has 2 amide bonds. The molecule has 6 nitrogen and oxygen atoms in total. The molecule has 1 aliphatic rings. The van der Waals surface area contributed by atoms with Crippen molar-refractivity contribution in [3.63, 3.8) is 0 Å². The van der Waals surface area contributed by atoms with Crippen molar-refractivity contribution in [1.29, 1.82) is 0 Å². The van der Waals surface area contributed by atoms with Crippen LogP contribution in [0.2, 0.25) is 0 Å². The summed E-state index contributed by atoms with van der Waals surface area (Å²) in [6, 6.07) is 17.3. The van der Waals surface area contributed by atoms with Gasteiger partial charge in [-0.2, -0.15) is 0 Å². The van der Waals surface area contributed by atoms with E-state index in [1.165, 1.54) is 0 Å². The van der Waals surface area contributed by atoms with E-state index < -0.39 is 0 Å². The number of benzene rings is 2. The molecule has 0 saturated carbocycles. The predicted molar refractivity (Wildman–Crippen MR) is 109 cm³/mol. The Morgan fingerprint density at radius 3 is 2.75 bits per heavy atom. The van der Waals surface area contributed by atoms with E-state index in [-0.39, 0.29) is 24.2 Å². The molecule has 3 aromatic rings. The fourth-order valence-corrected chi connectivity index (χ4v) is 3.69. The van der Waals surface area contributed by atoms with Crippen LogP contribution in [0.1, 0.15) is 6.42 Å². The summed E-state index contributed by atoms with van der Waals surface area (Å²) in [6.45, 7) is 1.78. The first-order valence-corrected chi connectivity index (χ1v) is 9.40. The predicted octanol–water partition coefficient (Wildman–Crippen LogP) is 3.28. The zero-order chi connectivity index (χ0) is 19.5. The van der Waals surface area contributed by atoms with Gasteiger partial charge in [0.1, 0.15) is 0 Å². The van der Waals surface area contributed by atoms with Gasteiger partial charge in [0.05, 0.1) is 23.7 Å². The van der Waals surface area contributed by atoms with Gasteiger partial charge in [-0.15, -0.1) is 0 Å². The summed E-state index contributed by atoms with van der Waals surface area (Å²) in [7, 11) is 1.68. The van der Waals surface area contributed by atoms with Crippen molar-refractivity contribution in [2.24, 2.45) is 5.92 Å². The van der Waals surface area contributed by atoms with Crippen molar-refractivity contribution in [1.82, 2.24) is 4.57 Å². The SMILES string of the molecule is COCCn1ccc2c(NC(=O)C3CC(=O)N(c4ccccc4)C3)cccc21. The highest BCUT2D eigenvalue weighted by Crippen LogP contribution is 2.28. The second kappa shape index (κ2) is 7.86. The Kier molecular flexibility index (Phi) is 5.12. The molecule has 1 aromatic heterocycles.